The molecule has 0 aliphatic rings. The van der Waals surface area contributed by atoms with E-state index in [9.17, 15) is 13.9 Å². The van der Waals surface area contributed by atoms with Crippen molar-refractivity contribution in [3.8, 4) is 5.75 Å². The van der Waals surface area contributed by atoms with E-state index < -0.39 is 11.9 Å². The number of halogens is 2. The third kappa shape index (κ3) is 3.33. The van der Waals surface area contributed by atoms with Crippen LogP contribution in [0.4, 0.5) is 8.78 Å². The zero-order valence-corrected chi connectivity index (χ0v) is 11.4. The molecule has 2 aromatic carbocycles. The van der Waals surface area contributed by atoms with Crippen LogP contribution in [0.2, 0.25) is 0 Å². The van der Waals surface area contributed by atoms with Crippen LogP contribution in [0, 0.1) is 18.6 Å². The van der Waals surface area contributed by atoms with Crippen LogP contribution >= 0.6 is 0 Å². The Morgan fingerprint density at radius 3 is 2.50 bits per heavy atom. The number of aryl methyl sites for hydroxylation is 1. The van der Waals surface area contributed by atoms with Gasteiger partial charge in [-0.15, -0.1) is 0 Å². The molecular weight excluding hydrogens is 262 g/mol. The first kappa shape index (κ1) is 14.5. The molecule has 0 saturated carbocycles. The quantitative estimate of drug-likeness (QED) is 0.919. The second-order valence-corrected chi connectivity index (χ2v) is 4.72. The van der Waals surface area contributed by atoms with Crippen LogP contribution in [0.5, 0.6) is 5.75 Å². The molecule has 106 valence electrons. The molecule has 0 fully saturated rings. The Kier molecular flexibility index (Phi) is 4.35. The van der Waals surface area contributed by atoms with Crippen LogP contribution in [-0.4, -0.2) is 5.11 Å². The molecule has 1 N–H and O–H groups in total. The average molecular weight is 278 g/mol. The average Bonchev–Trinajstić information content (AvgIpc) is 2.37. The van der Waals surface area contributed by atoms with Gasteiger partial charge in [-0.05, 0) is 49.2 Å². The summed E-state index contributed by atoms with van der Waals surface area (Å²) >= 11 is 0. The molecule has 0 aromatic heterocycles. The highest BCUT2D eigenvalue weighted by Gasteiger charge is 2.09. The van der Waals surface area contributed by atoms with Gasteiger partial charge in [-0.3, -0.25) is 0 Å². The van der Waals surface area contributed by atoms with Gasteiger partial charge in [0.2, 0.25) is 0 Å². The van der Waals surface area contributed by atoms with Crippen molar-refractivity contribution in [2.45, 2.75) is 26.6 Å². The Bertz CT molecular complexity index is 609. The van der Waals surface area contributed by atoms with Crippen molar-refractivity contribution in [1.29, 1.82) is 0 Å². The predicted octanol–water partition coefficient (Wildman–Crippen LogP) is 3.91. The highest BCUT2D eigenvalue weighted by Crippen LogP contribution is 2.22. The van der Waals surface area contributed by atoms with Crippen molar-refractivity contribution >= 4 is 0 Å². The zero-order chi connectivity index (χ0) is 14.7. The van der Waals surface area contributed by atoms with Gasteiger partial charge in [0, 0.05) is 11.6 Å². The fourth-order valence-corrected chi connectivity index (χ4v) is 1.92. The van der Waals surface area contributed by atoms with Crippen LogP contribution in [-0.2, 0) is 6.61 Å². The first-order valence-corrected chi connectivity index (χ1v) is 6.32. The number of rotatable bonds is 4. The van der Waals surface area contributed by atoms with Gasteiger partial charge < -0.3 is 9.84 Å². The summed E-state index contributed by atoms with van der Waals surface area (Å²) in [7, 11) is 0. The summed E-state index contributed by atoms with van der Waals surface area (Å²) < 4.78 is 32.1. The minimum atomic E-state index is -0.858. The highest BCUT2D eigenvalue weighted by molar-refractivity contribution is 5.31. The fraction of sp³-hybridized carbons (Fsp3) is 0.250. The van der Waals surface area contributed by atoms with E-state index in [0.29, 0.717) is 5.75 Å². The second-order valence-electron chi connectivity index (χ2n) is 4.72. The summed E-state index contributed by atoms with van der Waals surface area (Å²) in [5.74, 6) is -0.428. The minimum absolute atomic E-state index is 0.232. The fourth-order valence-electron chi connectivity index (χ4n) is 1.92. The summed E-state index contributed by atoms with van der Waals surface area (Å²) in [6.07, 6.45) is -0.858. The Balaban J connectivity index is 2.09. The third-order valence-electron chi connectivity index (χ3n) is 3.12. The van der Waals surface area contributed by atoms with E-state index in [0.717, 1.165) is 11.1 Å². The van der Waals surface area contributed by atoms with E-state index in [1.165, 1.54) is 31.2 Å². The maximum absolute atomic E-state index is 13.7. The first-order valence-electron chi connectivity index (χ1n) is 6.32. The van der Waals surface area contributed by atoms with E-state index in [1.807, 2.05) is 0 Å². The van der Waals surface area contributed by atoms with E-state index >= 15 is 0 Å². The van der Waals surface area contributed by atoms with Crippen molar-refractivity contribution in [1.82, 2.24) is 0 Å². The summed E-state index contributed by atoms with van der Waals surface area (Å²) in [6, 6.07) is 8.77. The Morgan fingerprint density at radius 2 is 1.90 bits per heavy atom. The van der Waals surface area contributed by atoms with Crippen LogP contribution < -0.4 is 4.74 Å². The number of aliphatic hydroxyl groups is 1. The zero-order valence-electron chi connectivity index (χ0n) is 11.4. The van der Waals surface area contributed by atoms with Crippen molar-refractivity contribution in [3.63, 3.8) is 0 Å². The van der Waals surface area contributed by atoms with Gasteiger partial charge in [-0.2, -0.15) is 0 Å². The largest absolute Gasteiger partial charge is 0.489 e. The lowest BCUT2D eigenvalue weighted by Gasteiger charge is -2.11. The molecular formula is C16H16F2O2. The van der Waals surface area contributed by atoms with E-state index in [-0.39, 0.29) is 18.0 Å². The molecule has 0 aliphatic heterocycles. The van der Waals surface area contributed by atoms with Gasteiger partial charge in [-0.25, -0.2) is 8.78 Å². The molecule has 0 heterocycles. The number of ether oxygens (including phenoxy) is 1. The topological polar surface area (TPSA) is 29.5 Å². The van der Waals surface area contributed by atoms with Gasteiger partial charge in [-0.1, -0.05) is 6.07 Å². The predicted molar refractivity (Wildman–Crippen MR) is 72.5 cm³/mol. The van der Waals surface area contributed by atoms with Crippen molar-refractivity contribution in [2.24, 2.45) is 0 Å². The number of hydrogen-bond donors (Lipinski definition) is 1. The van der Waals surface area contributed by atoms with E-state index in [2.05, 4.69) is 0 Å². The molecule has 0 amide bonds. The van der Waals surface area contributed by atoms with Gasteiger partial charge in [0.05, 0.1) is 6.10 Å². The first-order chi connectivity index (χ1) is 9.47. The van der Waals surface area contributed by atoms with Crippen LogP contribution in [0.3, 0.4) is 0 Å². The van der Waals surface area contributed by atoms with Crippen LogP contribution in [0.1, 0.15) is 29.7 Å². The minimum Gasteiger partial charge on any atom is -0.489 e. The lowest BCUT2D eigenvalue weighted by atomic mass is 10.1. The second kappa shape index (κ2) is 6.01. The van der Waals surface area contributed by atoms with E-state index in [1.54, 1.807) is 19.1 Å². The van der Waals surface area contributed by atoms with Crippen molar-refractivity contribution in [3.05, 3.63) is 64.7 Å². The third-order valence-corrected chi connectivity index (χ3v) is 3.12. The van der Waals surface area contributed by atoms with Crippen molar-refractivity contribution in [2.75, 3.05) is 0 Å². The summed E-state index contributed by atoms with van der Waals surface area (Å²) in [5.41, 5.74) is 1.85. The molecule has 1 unspecified atom stereocenters. The Labute approximate surface area is 116 Å². The highest BCUT2D eigenvalue weighted by atomic mass is 19.1. The smallest absolute Gasteiger partial charge is 0.132 e. The standard InChI is InChI=1S/C16H16F2O2/c1-10-7-13(17)4-3-12(10)9-20-14-5-6-15(11(2)19)16(18)8-14/h3-8,11,19H,9H2,1-2H3. The summed E-state index contributed by atoms with van der Waals surface area (Å²) in [5, 5.41) is 9.35. The molecule has 2 nitrogen and oxygen atoms in total. The molecule has 20 heavy (non-hydrogen) atoms. The lowest BCUT2D eigenvalue weighted by molar-refractivity contribution is 0.194. The monoisotopic (exact) mass is 278 g/mol. The SMILES string of the molecule is Cc1cc(F)ccc1COc1ccc(C(C)O)c(F)c1. The maximum Gasteiger partial charge on any atom is 0.132 e. The van der Waals surface area contributed by atoms with Crippen LogP contribution in [0.15, 0.2) is 36.4 Å². The summed E-state index contributed by atoms with van der Waals surface area (Å²) in [4.78, 5) is 0. The molecule has 0 aliphatic carbocycles. The van der Waals surface area contributed by atoms with Gasteiger partial charge in [0.15, 0.2) is 0 Å². The molecule has 1 atom stereocenters. The molecule has 2 aromatic rings. The number of benzene rings is 2. The molecule has 0 bridgehead atoms. The van der Waals surface area contributed by atoms with Gasteiger partial charge in [0.25, 0.3) is 0 Å². The molecule has 0 saturated heterocycles. The Hall–Kier alpha value is -1.94. The molecule has 2 rings (SSSR count). The maximum atomic E-state index is 13.7. The van der Waals surface area contributed by atoms with E-state index in [4.69, 9.17) is 4.74 Å². The lowest BCUT2D eigenvalue weighted by Crippen LogP contribution is -2.00. The molecule has 0 spiro atoms. The normalized spacial score (nSPS) is 12.2. The molecule has 4 heteroatoms. The Morgan fingerprint density at radius 1 is 1.15 bits per heavy atom. The summed E-state index contributed by atoms with van der Waals surface area (Å²) in [6.45, 7) is 3.53. The van der Waals surface area contributed by atoms with Crippen molar-refractivity contribution < 1.29 is 18.6 Å². The van der Waals surface area contributed by atoms with Gasteiger partial charge in [0.1, 0.15) is 24.0 Å². The molecule has 0 radical (unpaired) electrons. The number of aliphatic hydroxyl groups excluding tert-OH is 1. The number of hydrogen-bond acceptors (Lipinski definition) is 2. The van der Waals surface area contributed by atoms with Gasteiger partial charge >= 0.3 is 0 Å². The van der Waals surface area contributed by atoms with Crippen LogP contribution in [0.25, 0.3) is 0 Å².